The van der Waals surface area contributed by atoms with Crippen LogP contribution in [0.25, 0.3) is 0 Å². The minimum absolute atomic E-state index is 0.125. The Balaban J connectivity index is 2.10. The van der Waals surface area contributed by atoms with Gasteiger partial charge in [0.1, 0.15) is 5.75 Å². The predicted octanol–water partition coefficient (Wildman–Crippen LogP) is 1.50. The number of ether oxygens (including phenoxy) is 2. The highest BCUT2D eigenvalue weighted by atomic mass is 16.5. The van der Waals surface area contributed by atoms with E-state index in [0.29, 0.717) is 18.3 Å². The molecule has 0 aliphatic carbocycles. The molecule has 0 unspecified atom stereocenters. The highest BCUT2D eigenvalue weighted by molar-refractivity contribution is 5.36. The van der Waals surface area contributed by atoms with Crippen molar-refractivity contribution in [3.8, 4) is 11.8 Å². The van der Waals surface area contributed by atoms with Crippen LogP contribution in [-0.4, -0.2) is 42.8 Å². The van der Waals surface area contributed by atoms with Crippen LogP contribution in [0, 0.1) is 0 Å². The first-order chi connectivity index (χ1) is 10.1. The molecule has 0 radical (unpaired) electrons. The van der Waals surface area contributed by atoms with Crippen LogP contribution in [0.4, 0.5) is 11.9 Å². The molecule has 7 heteroatoms. The van der Waals surface area contributed by atoms with Gasteiger partial charge >= 0.3 is 6.01 Å². The number of aromatic nitrogens is 3. The Hall–Kier alpha value is -2.41. The summed E-state index contributed by atoms with van der Waals surface area (Å²) in [7, 11) is 5.33. The maximum Gasteiger partial charge on any atom is 0.328 e. The van der Waals surface area contributed by atoms with Crippen LogP contribution >= 0.6 is 0 Å². The van der Waals surface area contributed by atoms with E-state index in [1.54, 1.807) is 12.0 Å². The van der Waals surface area contributed by atoms with Gasteiger partial charge in [-0.15, -0.1) is 0 Å². The van der Waals surface area contributed by atoms with E-state index >= 15 is 0 Å². The lowest BCUT2D eigenvalue weighted by molar-refractivity contribution is 0.202. The summed E-state index contributed by atoms with van der Waals surface area (Å²) in [6.07, 6.45) is 0.861. The van der Waals surface area contributed by atoms with Crippen molar-refractivity contribution in [1.82, 2.24) is 15.0 Å². The quantitative estimate of drug-likeness (QED) is 0.862. The first kappa shape index (κ1) is 15.0. The molecule has 0 spiro atoms. The molecule has 0 saturated carbocycles. The third kappa shape index (κ3) is 4.28. The van der Waals surface area contributed by atoms with Crippen LogP contribution < -0.4 is 15.4 Å². The van der Waals surface area contributed by atoms with Crippen LogP contribution in [0.5, 0.6) is 11.8 Å². The van der Waals surface area contributed by atoms with Crippen molar-refractivity contribution in [3.05, 3.63) is 29.8 Å². The Morgan fingerprint density at radius 2 is 1.81 bits per heavy atom. The van der Waals surface area contributed by atoms with E-state index < -0.39 is 0 Å². The van der Waals surface area contributed by atoms with E-state index in [1.165, 1.54) is 5.56 Å². The van der Waals surface area contributed by atoms with Gasteiger partial charge in [0, 0.05) is 21.2 Å². The number of rotatable bonds is 6. The smallest absolute Gasteiger partial charge is 0.328 e. The molecule has 0 saturated heterocycles. The largest absolute Gasteiger partial charge is 0.424 e. The van der Waals surface area contributed by atoms with Crippen molar-refractivity contribution in [3.63, 3.8) is 0 Å². The van der Waals surface area contributed by atoms with Gasteiger partial charge in [-0.2, -0.15) is 15.0 Å². The van der Waals surface area contributed by atoms with Crippen molar-refractivity contribution in [1.29, 1.82) is 0 Å². The Morgan fingerprint density at radius 3 is 2.43 bits per heavy atom. The minimum Gasteiger partial charge on any atom is -0.424 e. The highest BCUT2D eigenvalue weighted by Gasteiger charge is 2.08. The summed E-state index contributed by atoms with van der Waals surface area (Å²) in [5, 5.41) is 0. The predicted molar refractivity (Wildman–Crippen MR) is 80.7 cm³/mol. The molecule has 1 aromatic carbocycles. The number of anilines is 2. The van der Waals surface area contributed by atoms with Gasteiger partial charge in [0.15, 0.2) is 0 Å². The normalized spacial score (nSPS) is 10.4. The Bertz CT molecular complexity index is 586. The van der Waals surface area contributed by atoms with Gasteiger partial charge in [-0.3, -0.25) is 0 Å². The van der Waals surface area contributed by atoms with Crippen LogP contribution in [0.3, 0.4) is 0 Å². The summed E-state index contributed by atoms with van der Waals surface area (Å²) < 4.78 is 10.7. The second kappa shape index (κ2) is 6.85. The summed E-state index contributed by atoms with van der Waals surface area (Å²) >= 11 is 0. The van der Waals surface area contributed by atoms with Crippen molar-refractivity contribution in [2.24, 2.45) is 0 Å². The van der Waals surface area contributed by atoms with E-state index in [1.807, 2.05) is 38.4 Å². The zero-order valence-corrected chi connectivity index (χ0v) is 12.4. The second-order valence-corrected chi connectivity index (χ2v) is 4.66. The summed E-state index contributed by atoms with van der Waals surface area (Å²) in [6.45, 7) is 0.691. The van der Waals surface area contributed by atoms with E-state index in [9.17, 15) is 0 Å². The summed E-state index contributed by atoms with van der Waals surface area (Å²) in [5.74, 6) is 1.22. The second-order valence-electron chi connectivity index (χ2n) is 4.66. The van der Waals surface area contributed by atoms with Gasteiger partial charge in [-0.05, 0) is 24.1 Å². The molecule has 0 atom stereocenters. The molecular formula is C14H19N5O2. The van der Waals surface area contributed by atoms with Crippen molar-refractivity contribution in [2.75, 3.05) is 38.4 Å². The summed E-state index contributed by atoms with van der Waals surface area (Å²) in [6, 6.07) is 7.86. The number of nitrogens with zero attached hydrogens (tertiary/aromatic N) is 4. The lowest BCUT2D eigenvalue weighted by atomic mass is 10.1. The van der Waals surface area contributed by atoms with Crippen LogP contribution in [0.2, 0.25) is 0 Å². The lowest BCUT2D eigenvalue weighted by Crippen LogP contribution is -2.15. The van der Waals surface area contributed by atoms with E-state index in [4.69, 9.17) is 15.2 Å². The summed E-state index contributed by atoms with van der Waals surface area (Å²) in [5.41, 5.74) is 6.82. The summed E-state index contributed by atoms with van der Waals surface area (Å²) in [4.78, 5) is 13.9. The van der Waals surface area contributed by atoms with Crippen molar-refractivity contribution in [2.45, 2.75) is 6.42 Å². The fourth-order valence-corrected chi connectivity index (χ4v) is 1.66. The fourth-order valence-electron chi connectivity index (χ4n) is 1.66. The van der Waals surface area contributed by atoms with Crippen LogP contribution in [0.15, 0.2) is 24.3 Å². The number of hydrogen-bond donors (Lipinski definition) is 1. The lowest BCUT2D eigenvalue weighted by Gasteiger charge is -2.11. The first-order valence-corrected chi connectivity index (χ1v) is 6.53. The van der Waals surface area contributed by atoms with Gasteiger partial charge < -0.3 is 20.1 Å². The molecule has 0 amide bonds. The fraction of sp³-hybridized carbons (Fsp3) is 0.357. The molecule has 0 fully saturated rings. The maximum atomic E-state index is 5.65. The van der Waals surface area contributed by atoms with Gasteiger partial charge in [-0.25, -0.2) is 0 Å². The zero-order chi connectivity index (χ0) is 15.2. The van der Waals surface area contributed by atoms with E-state index in [2.05, 4.69) is 15.0 Å². The van der Waals surface area contributed by atoms with E-state index in [-0.39, 0.29) is 12.0 Å². The van der Waals surface area contributed by atoms with Crippen molar-refractivity contribution >= 4 is 11.9 Å². The van der Waals surface area contributed by atoms with Gasteiger partial charge in [-0.1, -0.05) is 12.1 Å². The van der Waals surface area contributed by atoms with E-state index in [0.717, 1.165) is 6.42 Å². The molecule has 112 valence electrons. The van der Waals surface area contributed by atoms with Gasteiger partial charge in [0.05, 0.1) is 6.61 Å². The van der Waals surface area contributed by atoms with Crippen LogP contribution in [0.1, 0.15) is 5.56 Å². The SMILES string of the molecule is COCCc1ccc(Oc2nc(N)nc(N(C)C)n2)cc1. The molecule has 21 heavy (non-hydrogen) atoms. The number of hydrogen-bond acceptors (Lipinski definition) is 7. The highest BCUT2D eigenvalue weighted by Crippen LogP contribution is 2.20. The number of nitrogens with two attached hydrogens (primary N) is 1. The zero-order valence-electron chi connectivity index (χ0n) is 12.4. The third-order valence-corrected chi connectivity index (χ3v) is 2.75. The monoisotopic (exact) mass is 289 g/mol. The topological polar surface area (TPSA) is 86.4 Å². The minimum atomic E-state index is 0.125. The number of benzene rings is 1. The standard InChI is InChI=1S/C14H19N5O2/c1-19(2)13-16-12(15)17-14(18-13)21-11-6-4-10(5-7-11)8-9-20-3/h4-7H,8-9H2,1-3H3,(H2,15,16,17,18). The Morgan fingerprint density at radius 1 is 1.10 bits per heavy atom. The Kier molecular flexibility index (Phi) is 4.89. The molecule has 2 aromatic rings. The number of methoxy groups -OCH3 is 1. The molecule has 1 heterocycles. The molecule has 2 N–H and O–H groups in total. The molecule has 7 nitrogen and oxygen atoms in total. The van der Waals surface area contributed by atoms with Gasteiger partial charge in [0.25, 0.3) is 0 Å². The molecule has 0 bridgehead atoms. The van der Waals surface area contributed by atoms with Crippen LogP contribution in [-0.2, 0) is 11.2 Å². The Labute approximate surface area is 123 Å². The molecule has 1 aromatic heterocycles. The van der Waals surface area contributed by atoms with Gasteiger partial charge in [0.2, 0.25) is 11.9 Å². The van der Waals surface area contributed by atoms with Crippen molar-refractivity contribution < 1.29 is 9.47 Å². The molecule has 2 rings (SSSR count). The molecule has 0 aliphatic heterocycles. The number of nitrogen functional groups attached to an aromatic ring is 1. The maximum absolute atomic E-state index is 5.65. The average molecular weight is 289 g/mol. The average Bonchev–Trinajstić information content (AvgIpc) is 2.46. The third-order valence-electron chi connectivity index (χ3n) is 2.75. The molecule has 0 aliphatic rings. The first-order valence-electron chi connectivity index (χ1n) is 6.53. The molecular weight excluding hydrogens is 270 g/mol.